The Morgan fingerprint density at radius 2 is 2.12 bits per heavy atom. The smallest absolute Gasteiger partial charge is 0.223 e. The molecule has 3 nitrogen and oxygen atoms in total. The molecule has 1 aromatic carbocycles. The lowest BCUT2D eigenvalue weighted by Crippen LogP contribution is -2.42. The van der Waals surface area contributed by atoms with Gasteiger partial charge in [-0.15, -0.1) is 0 Å². The second-order valence-electron chi connectivity index (χ2n) is 4.80. The van der Waals surface area contributed by atoms with E-state index in [1.807, 2.05) is 35.2 Å². The molecule has 1 amide bonds. The summed E-state index contributed by atoms with van der Waals surface area (Å²) in [6.45, 7) is 2.89. The Hall–Kier alpha value is -1.35. The first-order valence-electron chi connectivity index (χ1n) is 6.17. The van der Waals surface area contributed by atoms with Crippen molar-refractivity contribution in [2.45, 2.75) is 25.8 Å². The third-order valence-electron chi connectivity index (χ3n) is 3.41. The van der Waals surface area contributed by atoms with Gasteiger partial charge in [0.1, 0.15) is 0 Å². The summed E-state index contributed by atoms with van der Waals surface area (Å²) in [5, 5.41) is 9.54. The number of rotatable bonds is 3. The highest BCUT2D eigenvalue weighted by atomic mass is 16.3. The largest absolute Gasteiger partial charge is 0.394 e. The lowest BCUT2D eigenvalue weighted by atomic mass is 9.96. The van der Waals surface area contributed by atoms with E-state index in [-0.39, 0.29) is 18.6 Å². The van der Waals surface area contributed by atoms with Crippen LogP contribution in [0.15, 0.2) is 30.3 Å². The number of likely N-dealkylation sites (tertiary alicyclic amines) is 1. The monoisotopic (exact) mass is 233 g/mol. The van der Waals surface area contributed by atoms with E-state index in [2.05, 4.69) is 6.92 Å². The second-order valence-corrected chi connectivity index (χ2v) is 4.80. The van der Waals surface area contributed by atoms with Crippen molar-refractivity contribution < 1.29 is 9.90 Å². The minimum atomic E-state index is -0.188. The standard InChI is InChI=1S/C14H19NO2/c1-11-7-8-14(17)15(9-11)13(10-16)12-5-3-2-4-6-12/h2-6,11,13,16H,7-10H2,1H3/t11-,13-/m1/s1. The topological polar surface area (TPSA) is 40.5 Å². The van der Waals surface area contributed by atoms with Gasteiger partial charge in [0, 0.05) is 13.0 Å². The van der Waals surface area contributed by atoms with Crippen LogP contribution in [0.3, 0.4) is 0 Å². The van der Waals surface area contributed by atoms with Gasteiger partial charge in [0.2, 0.25) is 5.91 Å². The first-order valence-corrected chi connectivity index (χ1v) is 6.17. The first-order chi connectivity index (χ1) is 8.22. The highest BCUT2D eigenvalue weighted by Gasteiger charge is 2.29. The molecule has 92 valence electrons. The lowest BCUT2D eigenvalue weighted by molar-refractivity contribution is -0.138. The van der Waals surface area contributed by atoms with Crippen LogP contribution in [0.1, 0.15) is 31.4 Å². The molecule has 3 heteroatoms. The van der Waals surface area contributed by atoms with Crippen LogP contribution in [0.2, 0.25) is 0 Å². The molecule has 1 saturated heterocycles. The Morgan fingerprint density at radius 3 is 2.76 bits per heavy atom. The molecule has 17 heavy (non-hydrogen) atoms. The number of carbonyl (C=O) groups excluding carboxylic acids is 1. The van der Waals surface area contributed by atoms with E-state index in [1.54, 1.807) is 0 Å². The van der Waals surface area contributed by atoms with Crippen molar-refractivity contribution in [2.75, 3.05) is 13.2 Å². The summed E-state index contributed by atoms with van der Waals surface area (Å²) in [6, 6.07) is 9.57. The van der Waals surface area contributed by atoms with Crippen LogP contribution in [-0.4, -0.2) is 29.1 Å². The van der Waals surface area contributed by atoms with Crippen molar-refractivity contribution in [2.24, 2.45) is 5.92 Å². The fraction of sp³-hybridized carbons (Fsp3) is 0.500. The highest BCUT2D eigenvalue weighted by molar-refractivity contribution is 5.77. The minimum Gasteiger partial charge on any atom is -0.394 e. The Kier molecular flexibility index (Phi) is 3.79. The maximum absolute atomic E-state index is 11.9. The molecule has 1 heterocycles. The number of nitrogens with zero attached hydrogens (tertiary/aromatic N) is 1. The number of carbonyl (C=O) groups is 1. The van der Waals surface area contributed by atoms with Gasteiger partial charge in [0.15, 0.2) is 0 Å². The SMILES string of the molecule is C[C@@H]1CCC(=O)N([C@H](CO)c2ccccc2)C1. The fourth-order valence-electron chi connectivity index (χ4n) is 2.40. The molecule has 1 aliphatic rings. The van der Waals surface area contributed by atoms with Crippen molar-refractivity contribution in [3.63, 3.8) is 0 Å². The van der Waals surface area contributed by atoms with Crippen LogP contribution < -0.4 is 0 Å². The first kappa shape index (κ1) is 12.1. The molecule has 1 N–H and O–H groups in total. The summed E-state index contributed by atoms with van der Waals surface area (Å²) in [7, 11) is 0. The van der Waals surface area contributed by atoms with E-state index in [4.69, 9.17) is 0 Å². The van der Waals surface area contributed by atoms with Crippen molar-refractivity contribution in [3.8, 4) is 0 Å². The van der Waals surface area contributed by atoms with Crippen LogP contribution in [0.25, 0.3) is 0 Å². The number of aliphatic hydroxyl groups is 1. The van der Waals surface area contributed by atoms with Gasteiger partial charge in [-0.1, -0.05) is 37.3 Å². The zero-order valence-corrected chi connectivity index (χ0v) is 10.2. The number of benzene rings is 1. The van der Waals surface area contributed by atoms with Gasteiger partial charge >= 0.3 is 0 Å². The zero-order chi connectivity index (χ0) is 12.3. The van der Waals surface area contributed by atoms with Gasteiger partial charge in [-0.3, -0.25) is 4.79 Å². The van der Waals surface area contributed by atoms with Gasteiger partial charge in [-0.05, 0) is 17.9 Å². The summed E-state index contributed by atoms with van der Waals surface area (Å²) in [6.07, 6.45) is 1.56. The molecule has 0 bridgehead atoms. The van der Waals surface area contributed by atoms with Crippen LogP contribution in [-0.2, 0) is 4.79 Å². The third kappa shape index (κ3) is 2.67. The van der Waals surface area contributed by atoms with Gasteiger partial charge in [-0.2, -0.15) is 0 Å². The molecule has 0 unspecified atom stereocenters. The van der Waals surface area contributed by atoms with Crippen molar-refractivity contribution in [1.82, 2.24) is 4.90 Å². The van der Waals surface area contributed by atoms with Gasteiger partial charge in [0.25, 0.3) is 0 Å². The summed E-state index contributed by atoms with van der Waals surface area (Å²) >= 11 is 0. The van der Waals surface area contributed by atoms with Crippen LogP contribution in [0.4, 0.5) is 0 Å². The van der Waals surface area contributed by atoms with Crippen LogP contribution in [0, 0.1) is 5.92 Å². The summed E-state index contributed by atoms with van der Waals surface area (Å²) in [5.74, 6) is 0.677. The van der Waals surface area contributed by atoms with Crippen LogP contribution >= 0.6 is 0 Å². The number of hydrogen-bond acceptors (Lipinski definition) is 2. The Bertz CT molecular complexity index is 377. The summed E-state index contributed by atoms with van der Waals surface area (Å²) in [5.41, 5.74) is 1.01. The van der Waals surface area contributed by atoms with Crippen molar-refractivity contribution in [3.05, 3.63) is 35.9 Å². The molecule has 0 aromatic heterocycles. The van der Waals surface area contributed by atoms with Gasteiger partial charge < -0.3 is 10.0 Å². The molecule has 0 spiro atoms. The van der Waals surface area contributed by atoms with Crippen molar-refractivity contribution >= 4 is 5.91 Å². The summed E-state index contributed by atoms with van der Waals surface area (Å²) < 4.78 is 0. The van der Waals surface area contributed by atoms with Gasteiger partial charge in [0.05, 0.1) is 12.6 Å². The van der Waals surface area contributed by atoms with Gasteiger partial charge in [-0.25, -0.2) is 0 Å². The van der Waals surface area contributed by atoms with Crippen molar-refractivity contribution in [1.29, 1.82) is 0 Å². The Morgan fingerprint density at radius 1 is 1.41 bits per heavy atom. The number of aliphatic hydroxyl groups excluding tert-OH is 1. The third-order valence-corrected chi connectivity index (χ3v) is 3.41. The summed E-state index contributed by atoms with van der Waals surface area (Å²) in [4.78, 5) is 13.8. The predicted octanol–water partition coefficient (Wildman–Crippen LogP) is 1.98. The molecule has 1 aromatic rings. The molecule has 1 aliphatic heterocycles. The van der Waals surface area contributed by atoms with E-state index < -0.39 is 0 Å². The highest BCUT2D eigenvalue weighted by Crippen LogP contribution is 2.27. The van der Waals surface area contributed by atoms with E-state index in [0.717, 1.165) is 18.5 Å². The van der Waals surface area contributed by atoms with E-state index >= 15 is 0 Å². The molecule has 1 fully saturated rings. The lowest BCUT2D eigenvalue weighted by Gasteiger charge is -2.36. The van der Waals surface area contributed by atoms with Crippen LogP contribution in [0.5, 0.6) is 0 Å². The van der Waals surface area contributed by atoms with E-state index in [9.17, 15) is 9.90 Å². The molecule has 2 atom stereocenters. The molecule has 0 radical (unpaired) electrons. The maximum Gasteiger partial charge on any atom is 0.223 e. The molecular formula is C14H19NO2. The Labute approximate surface area is 102 Å². The molecule has 2 rings (SSSR count). The number of piperidine rings is 1. The second kappa shape index (κ2) is 5.32. The minimum absolute atomic E-state index is 0.0114. The zero-order valence-electron chi connectivity index (χ0n) is 10.2. The average Bonchev–Trinajstić information content (AvgIpc) is 2.36. The normalized spacial score (nSPS) is 22.6. The quantitative estimate of drug-likeness (QED) is 0.867. The maximum atomic E-state index is 11.9. The predicted molar refractivity (Wildman–Crippen MR) is 66.4 cm³/mol. The number of hydrogen-bond donors (Lipinski definition) is 1. The molecular weight excluding hydrogens is 214 g/mol. The Balaban J connectivity index is 2.20. The average molecular weight is 233 g/mol. The number of amides is 1. The fourth-order valence-corrected chi connectivity index (χ4v) is 2.40. The molecule has 0 aliphatic carbocycles. The van der Waals surface area contributed by atoms with E-state index in [1.165, 1.54) is 0 Å². The molecule has 0 saturated carbocycles. The van der Waals surface area contributed by atoms with E-state index in [0.29, 0.717) is 12.3 Å².